The third-order valence-electron chi connectivity index (χ3n) is 14.0. The standard InChI is InChI=1S/C70H92N2/c1-5-9-13-17-21-25-57-71(58-26-22-18-14-10-6-2)69-53-49-67(50-54-69)47-45-65-41-37-63(38-42-65)35-33-61-29-31-62(32-30-61)34-36-64-39-43-66(44-40-64)46-48-68-51-55-70(56-52-68)72(59-27-23-19-15-11-7-3)60-28-24-20-16-12-8-4/h29-32,37-56H,5-28,57-60H2,1-4H3/b47-45+,48-46+. The van der Waals surface area contributed by atoms with E-state index in [9.17, 15) is 0 Å². The van der Waals surface area contributed by atoms with Crippen LogP contribution in [0.5, 0.6) is 0 Å². The minimum atomic E-state index is 0.981. The third-order valence-corrected chi connectivity index (χ3v) is 14.0. The summed E-state index contributed by atoms with van der Waals surface area (Å²) < 4.78 is 0. The highest BCUT2D eigenvalue weighted by molar-refractivity contribution is 5.72. The molecule has 0 saturated carbocycles. The molecule has 0 aromatic heterocycles. The average Bonchev–Trinajstić information content (AvgIpc) is 3.42. The lowest BCUT2D eigenvalue weighted by molar-refractivity contribution is 0.575. The van der Waals surface area contributed by atoms with Gasteiger partial charge in [-0.25, -0.2) is 0 Å². The predicted molar refractivity (Wildman–Crippen MR) is 320 cm³/mol. The van der Waals surface area contributed by atoms with Crippen molar-refractivity contribution in [2.45, 2.75) is 182 Å². The second kappa shape index (κ2) is 36.3. The van der Waals surface area contributed by atoms with Crippen molar-refractivity contribution in [2.24, 2.45) is 0 Å². The van der Waals surface area contributed by atoms with Gasteiger partial charge < -0.3 is 9.80 Å². The quantitative estimate of drug-likeness (QED) is 0.0230. The minimum Gasteiger partial charge on any atom is -0.372 e. The molecule has 0 heterocycles. The number of rotatable bonds is 34. The van der Waals surface area contributed by atoms with Gasteiger partial charge >= 0.3 is 0 Å². The summed E-state index contributed by atoms with van der Waals surface area (Å²) in [5, 5.41) is 0. The van der Waals surface area contributed by atoms with Gasteiger partial charge in [0.2, 0.25) is 0 Å². The maximum absolute atomic E-state index is 3.35. The molecule has 2 heteroatoms. The lowest BCUT2D eigenvalue weighted by atomic mass is 10.1. The molecule has 0 aliphatic heterocycles. The first-order chi connectivity index (χ1) is 35.6. The van der Waals surface area contributed by atoms with Crippen LogP contribution in [0.25, 0.3) is 24.3 Å². The van der Waals surface area contributed by atoms with E-state index in [4.69, 9.17) is 0 Å². The van der Waals surface area contributed by atoms with Gasteiger partial charge in [0.05, 0.1) is 0 Å². The van der Waals surface area contributed by atoms with E-state index in [0.717, 1.165) is 48.4 Å². The molecule has 0 fully saturated rings. The zero-order valence-corrected chi connectivity index (χ0v) is 45.5. The molecule has 0 aliphatic rings. The highest BCUT2D eigenvalue weighted by Crippen LogP contribution is 2.22. The summed E-state index contributed by atoms with van der Waals surface area (Å²) in [4.78, 5) is 5.27. The molecule has 0 N–H and O–H groups in total. The van der Waals surface area contributed by atoms with Gasteiger partial charge in [0.1, 0.15) is 0 Å². The molecular formula is C70H92N2. The Balaban J connectivity index is 1.07. The van der Waals surface area contributed by atoms with Crippen molar-refractivity contribution >= 4 is 35.7 Å². The van der Waals surface area contributed by atoms with E-state index in [-0.39, 0.29) is 0 Å². The lowest BCUT2D eigenvalue weighted by Crippen LogP contribution is -2.25. The molecule has 0 radical (unpaired) electrons. The summed E-state index contributed by atoms with van der Waals surface area (Å²) >= 11 is 0. The fourth-order valence-electron chi connectivity index (χ4n) is 9.33. The van der Waals surface area contributed by atoms with Crippen LogP contribution in [0.1, 0.15) is 226 Å². The van der Waals surface area contributed by atoms with Gasteiger partial charge in [-0.2, -0.15) is 0 Å². The molecule has 382 valence electrons. The molecule has 5 aromatic carbocycles. The Hall–Kier alpha value is -5.70. The zero-order chi connectivity index (χ0) is 50.5. The number of anilines is 2. The third kappa shape index (κ3) is 23.7. The van der Waals surface area contributed by atoms with Gasteiger partial charge in [-0.05, 0) is 121 Å². The van der Waals surface area contributed by atoms with E-state index in [1.807, 2.05) is 0 Å². The fourth-order valence-corrected chi connectivity index (χ4v) is 9.33. The monoisotopic (exact) mass is 961 g/mol. The lowest BCUT2D eigenvalue weighted by Gasteiger charge is -2.25. The normalized spacial score (nSPS) is 11.2. The first-order valence-electron chi connectivity index (χ1n) is 29.0. The van der Waals surface area contributed by atoms with E-state index in [1.165, 1.54) is 188 Å². The molecule has 0 saturated heterocycles. The summed E-state index contributed by atoms with van der Waals surface area (Å²) in [6, 6.07) is 43.7. The smallest absolute Gasteiger partial charge is 0.0366 e. The first-order valence-corrected chi connectivity index (χ1v) is 29.0. The van der Waals surface area contributed by atoms with E-state index in [1.54, 1.807) is 0 Å². The molecule has 0 aliphatic carbocycles. The van der Waals surface area contributed by atoms with Crippen LogP contribution in [0, 0.1) is 23.7 Å². The van der Waals surface area contributed by atoms with Gasteiger partial charge in [-0.1, -0.05) is 253 Å². The Morgan fingerprint density at radius 3 is 0.681 bits per heavy atom. The summed E-state index contributed by atoms with van der Waals surface area (Å²) in [6.45, 7) is 13.8. The number of hydrogen-bond donors (Lipinski definition) is 0. The molecule has 5 aromatic rings. The van der Waals surface area contributed by atoms with Gasteiger partial charge in [0, 0.05) is 59.8 Å². The van der Waals surface area contributed by atoms with Crippen molar-refractivity contribution in [1.29, 1.82) is 0 Å². The highest BCUT2D eigenvalue weighted by atomic mass is 15.1. The summed E-state index contributed by atoms with van der Waals surface area (Å²) in [5.74, 6) is 13.4. The SMILES string of the molecule is CCCCCCCCN(CCCCCCCC)c1ccc(/C=C/c2ccc(C#Cc3ccc(C#Cc4ccc(/C=C/c5ccc(N(CCCCCCCC)CCCCCCCC)cc5)cc4)cc3)cc2)cc1. The van der Waals surface area contributed by atoms with E-state index in [0.29, 0.717) is 0 Å². The van der Waals surface area contributed by atoms with Gasteiger partial charge in [-0.15, -0.1) is 0 Å². The van der Waals surface area contributed by atoms with Crippen LogP contribution in [-0.4, -0.2) is 26.2 Å². The Kier molecular flexibility index (Phi) is 28.8. The molecule has 0 unspecified atom stereocenters. The zero-order valence-electron chi connectivity index (χ0n) is 45.5. The fraction of sp³-hybridized carbons (Fsp3) is 0.457. The van der Waals surface area contributed by atoms with Crippen molar-refractivity contribution < 1.29 is 0 Å². The Morgan fingerprint density at radius 1 is 0.250 bits per heavy atom. The van der Waals surface area contributed by atoms with E-state index < -0.39 is 0 Å². The molecule has 0 amide bonds. The maximum atomic E-state index is 3.35. The van der Waals surface area contributed by atoms with Crippen molar-refractivity contribution in [1.82, 2.24) is 0 Å². The second-order valence-electron chi connectivity index (χ2n) is 20.2. The summed E-state index contributed by atoms with van der Waals surface area (Å²) in [5.41, 5.74) is 11.5. The Morgan fingerprint density at radius 2 is 0.444 bits per heavy atom. The second-order valence-corrected chi connectivity index (χ2v) is 20.2. The van der Waals surface area contributed by atoms with Crippen LogP contribution in [0.2, 0.25) is 0 Å². The van der Waals surface area contributed by atoms with Crippen molar-refractivity contribution in [3.8, 4) is 23.7 Å². The van der Waals surface area contributed by atoms with Crippen molar-refractivity contribution in [3.05, 3.63) is 166 Å². The van der Waals surface area contributed by atoms with Gasteiger partial charge in [-0.3, -0.25) is 0 Å². The molecule has 0 atom stereocenters. The van der Waals surface area contributed by atoms with Crippen LogP contribution in [0.4, 0.5) is 11.4 Å². The van der Waals surface area contributed by atoms with Gasteiger partial charge in [0.25, 0.3) is 0 Å². The van der Waals surface area contributed by atoms with Crippen LogP contribution >= 0.6 is 0 Å². The first kappa shape index (κ1) is 57.2. The summed E-state index contributed by atoms with van der Waals surface area (Å²) in [7, 11) is 0. The topological polar surface area (TPSA) is 6.48 Å². The maximum Gasteiger partial charge on any atom is 0.0366 e. The van der Waals surface area contributed by atoms with Crippen LogP contribution in [0.15, 0.2) is 121 Å². The molecular weight excluding hydrogens is 869 g/mol. The largest absolute Gasteiger partial charge is 0.372 e. The number of unbranched alkanes of at least 4 members (excludes halogenated alkanes) is 20. The van der Waals surface area contributed by atoms with Crippen molar-refractivity contribution in [3.63, 3.8) is 0 Å². The van der Waals surface area contributed by atoms with Crippen molar-refractivity contribution in [2.75, 3.05) is 36.0 Å². The van der Waals surface area contributed by atoms with Crippen LogP contribution in [0.3, 0.4) is 0 Å². The van der Waals surface area contributed by atoms with Crippen LogP contribution < -0.4 is 9.80 Å². The Bertz CT molecular complexity index is 2140. The molecule has 0 bridgehead atoms. The number of benzene rings is 5. The van der Waals surface area contributed by atoms with Gasteiger partial charge in [0.15, 0.2) is 0 Å². The van der Waals surface area contributed by atoms with E-state index in [2.05, 4.69) is 207 Å². The molecule has 72 heavy (non-hydrogen) atoms. The molecule has 2 nitrogen and oxygen atoms in total. The Labute approximate surface area is 440 Å². The van der Waals surface area contributed by atoms with Crippen LogP contribution in [-0.2, 0) is 0 Å². The molecule has 5 rings (SSSR count). The highest BCUT2D eigenvalue weighted by Gasteiger charge is 2.09. The van der Waals surface area contributed by atoms with E-state index >= 15 is 0 Å². The summed E-state index contributed by atoms with van der Waals surface area (Å²) in [6.07, 6.45) is 41.0. The number of nitrogens with zero attached hydrogens (tertiary/aromatic N) is 2. The predicted octanol–water partition coefficient (Wildman–Crippen LogP) is 19.9. The minimum absolute atomic E-state index is 0.981. The average molecular weight is 962 g/mol. The molecule has 0 spiro atoms. The number of hydrogen-bond acceptors (Lipinski definition) is 2.